The van der Waals surface area contributed by atoms with Gasteiger partial charge in [-0.25, -0.2) is 4.98 Å². The number of ether oxygens (including phenoxy) is 1. The van der Waals surface area contributed by atoms with E-state index in [1.54, 1.807) is 23.7 Å². The molecule has 1 N–H and O–H groups in total. The van der Waals surface area contributed by atoms with Gasteiger partial charge in [-0.3, -0.25) is 4.79 Å². The molecule has 0 amide bonds. The standard InChI is InChI=1S/C14H12N4O3S2/c1-17-12-11(23-14(17)22)13(20)18(7-15-12)16-6-8-3-4-9(19)10(5-8)21-2/h3-7,19H,1-2H3/b16-6+. The molecule has 0 spiro atoms. The van der Waals surface area contributed by atoms with E-state index in [0.29, 0.717) is 25.6 Å². The Hall–Kier alpha value is -2.52. The molecule has 0 radical (unpaired) electrons. The first-order valence-corrected chi connectivity index (χ1v) is 7.72. The maximum atomic E-state index is 12.4. The van der Waals surface area contributed by atoms with Gasteiger partial charge in [-0.05, 0) is 36.0 Å². The second kappa shape index (κ2) is 5.94. The third-order valence-electron chi connectivity index (χ3n) is 3.21. The smallest absolute Gasteiger partial charge is 0.293 e. The number of phenols is 1. The number of nitrogens with zero attached hydrogens (tertiary/aromatic N) is 4. The molecule has 23 heavy (non-hydrogen) atoms. The van der Waals surface area contributed by atoms with Crippen LogP contribution in [0.4, 0.5) is 0 Å². The molecular formula is C14H12N4O3S2. The Labute approximate surface area is 139 Å². The van der Waals surface area contributed by atoms with E-state index < -0.39 is 0 Å². The van der Waals surface area contributed by atoms with E-state index in [-0.39, 0.29) is 11.3 Å². The van der Waals surface area contributed by atoms with Gasteiger partial charge in [0.1, 0.15) is 11.0 Å². The molecule has 2 heterocycles. The highest BCUT2D eigenvalue weighted by molar-refractivity contribution is 7.73. The zero-order valence-corrected chi connectivity index (χ0v) is 13.9. The summed E-state index contributed by atoms with van der Waals surface area (Å²) in [5.41, 5.74) is 0.934. The highest BCUT2D eigenvalue weighted by Gasteiger charge is 2.09. The summed E-state index contributed by atoms with van der Waals surface area (Å²) in [7, 11) is 3.23. The summed E-state index contributed by atoms with van der Waals surface area (Å²) in [6.45, 7) is 0. The molecule has 3 rings (SSSR count). The molecule has 3 aromatic rings. The number of methoxy groups -OCH3 is 1. The van der Waals surface area contributed by atoms with Crippen LogP contribution in [0.3, 0.4) is 0 Å². The van der Waals surface area contributed by atoms with Crippen molar-refractivity contribution in [3.63, 3.8) is 0 Å². The largest absolute Gasteiger partial charge is 0.504 e. The molecule has 0 aliphatic carbocycles. The molecule has 0 fully saturated rings. The van der Waals surface area contributed by atoms with Gasteiger partial charge in [0.05, 0.1) is 13.3 Å². The lowest BCUT2D eigenvalue weighted by molar-refractivity contribution is 0.373. The Morgan fingerprint density at radius 3 is 3.00 bits per heavy atom. The summed E-state index contributed by atoms with van der Waals surface area (Å²) in [5.74, 6) is 0.366. The SMILES string of the molecule is COc1cc(/C=N/n2cnc3c(sc(=S)n3C)c2=O)ccc1O. The summed E-state index contributed by atoms with van der Waals surface area (Å²) in [6, 6.07) is 4.76. The van der Waals surface area contributed by atoms with Gasteiger partial charge in [-0.1, -0.05) is 11.3 Å². The fourth-order valence-corrected chi connectivity index (χ4v) is 3.17. The van der Waals surface area contributed by atoms with Crippen molar-refractivity contribution in [1.82, 2.24) is 14.2 Å². The van der Waals surface area contributed by atoms with Crippen molar-refractivity contribution in [3.8, 4) is 11.5 Å². The van der Waals surface area contributed by atoms with Crippen LogP contribution in [-0.4, -0.2) is 32.7 Å². The topological polar surface area (TPSA) is 81.6 Å². The molecule has 0 atom stereocenters. The molecule has 0 aliphatic rings. The second-order valence-electron chi connectivity index (χ2n) is 4.65. The Morgan fingerprint density at radius 2 is 2.26 bits per heavy atom. The summed E-state index contributed by atoms with van der Waals surface area (Å²) in [6.07, 6.45) is 2.83. The number of thiazole rings is 1. The summed E-state index contributed by atoms with van der Waals surface area (Å²) in [5, 5.41) is 13.7. The van der Waals surface area contributed by atoms with Crippen molar-refractivity contribution < 1.29 is 9.84 Å². The van der Waals surface area contributed by atoms with Gasteiger partial charge in [-0.15, -0.1) is 0 Å². The van der Waals surface area contributed by atoms with Gasteiger partial charge in [0, 0.05) is 7.05 Å². The lowest BCUT2D eigenvalue weighted by Gasteiger charge is -2.03. The number of hydrogen-bond acceptors (Lipinski definition) is 7. The second-order valence-corrected chi connectivity index (χ2v) is 6.29. The first-order valence-electron chi connectivity index (χ1n) is 6.50. The quantitative estimate of drug-likeness (QED) is 0.579. The molecule has 0 saturated carbocycles. The minimum absolute atomic E-state index is 0.0361. The zero-order chi connectivity index (χ0) is 16.6. The van der Waals surface area contributed by atoms with E-state index >= 15 is 0 Å². The molecule has 2 aromatic heterocycles. The highest BCUT2D eigenvalue weighted by atomic mass is 32.1. The van der Waals surface area contributed by atoms with Crippen molar-refractivity contribution >= 4 is 40.1 Å². The predicted octanol–water partition coefficient (Wildman–Crippen LogP) is 2.12. The summed E-state index contributed by atoms with van der Waals surface area (Å²) in [4.78, 5) is 16.6. The number of aromatic nitrogens is 3. The molecule has 1 aromatic carbocycles. The Bertz CT molecular complexity index is 1030. The Kier molecular flexibility index (Phi) is 3.97. The number of aryl methyl sites for hydroxylation is 1. The summed E-state index contributed by atoms with van der Waals surface area (Å²) < 4.78 is 8.90. The zero-order valence-electron chi connectivity index (χ0n) is 12.3. The fourth-order valence-electron chi connectivity index (χ4n) is 1.98. The van der Waals surface area contributed by atoms with Crippen LogP contribution >= 0.6 is 23.6 Å². The van der Waals surface area contributed by atoms with Crippen LogP contribution in [0.5, 0.6) is 11.5 Å². The minimum Gasteiger partial charge on any atom is -0.504 e. The molecule has 0 aliphatic heterocycles. The average molecular weight is 348 g/mol. The van der Waals surface area contributed by atoms with E-state index in [2.05, 4.69) is 10.1 Å². The van der Waals surface area contributed by atoms with Gasteiger partial charge in [0.2, 0.25) is 0 Å². The third-order valence-corrected chi connectivity index (χ3v) is 4.74. The Morgan fingerprint density at radius 1 is 1.48 bits per heavy atom. The molecule has 0 saturated heterocycles. The lowest BCUT2D eigenvalue weighted by atomic mass is 10.2. The van der Waals surface area contributed by atoms with E-state index in [9.17, 15) is 9.90 Å². The van der Waals surface area contributed by atoms with Crippen LogP contribution < -0.4 is 10.3 Å². The molecule has 0 unspecified atom stereocenters. The van der Waals surface area contributed by atoms with Crippen molar-refractivity contribution in [2.24, 2.45) is 12.1 Å². The minimum atomic E-state index is -0.284. The van der Waals surface area contributed by atoms with Crippen LogP contribution in [0, 0.1) is 3.95 Å². The van der Waals surface area contributed by atoms with E-state index in [0.717, 1.165) is 4.68 Å². The first-order chi connectivity index (χ1) is 11.0. The van der Waals surface area contributed by atoms with Crippen molar-refractivity contribution in [1.29, 1.82) is 0 Å². The van der Waals surface area contributed by atoms with Crippen LogP contribution in [0.25, 0.3) is 10.3 Å². The fraction of sp³-hybridized carbons (Fsp3) is 0.143. The van der Waals surface area contributed by atoms with Gasteiger partial charge in [0.25, 0.3) is 5.56 Å². The summed E-state index contributed by atoms with van der Waals surface area (Å²) >= 11 is 6.36. The predicted molar refractivity (Wildman–Crippen MR) is 91.3 cm³/mol. The number of phenolic OH excluding ortho intramolecular Hbond substituents is 1. The third kappa shape index (κ3) is 2.76. The van der Waals surface area contributed by atoms with E-state index in [1.807, 2.05) is 0 Å². The van der Waals surface area contributed by atoms with Gasteiger partial charge in [-0.2, -0.15) is 9.78 Å². The lowest BCUT2D eigenvalue weighted by Crippen LogP contribution is -2.16. The molecular weight excluding hydrogens is 336 g/mol. The number of aromatic hydroxyl groups is 1. The average Bonchev–Trinajstić information content (AvgIpc) is 2.84. The molecule has 9 heteroatoms. The van der Waals surface area contributed by atoms with Crippen LogP contribution in [-0.2, 0) is 7.05 Å². The highest BCUT2D eigenvalue weighted by Crippen LogP contribution is 2.25. The maximum absolute atomic E-state index is 12.4. The normalized spacial score (nSPS) is 11.4. The van der Waals surface area contributed by atoms with Crippen LogP contribution in [0.1, 0.15) is 5.56 Å². The number of hydrogen-bond donors (Lipinski definition) is 1. The van der Waals surface area contributed by atoms with Gasteiger partial charge in [0.15, 0.2) is 21.1 Å². The van der Waals surface area contributed by atoms with E-state index in [4.69, 9.17) is 17.0 Å². The Balaban J connectivity index is 2.03. The molecule has 0 bridgehead atoms. The van der Waals surface area contributed by atoms with Crippen molar-refractivity contribution in [3.05, 3.63) is 44.4 Å². The van der Waals surface area contributed by atoms with Crippen LogP contribution in [0.2, 0.25) is 0 Å². The molecule has 118 valence electrons. The van der Waals surface area contributed by atoms with E-state index in [1.165, 1.54) is 37.1 Å². The van der Waals surface area contributed by atoms with Crippen molar-refractivity contribution in [2.45, 2.75) is 0 Å². The number of fused-ring (bicyclic) bond motifs is 1. The maximum Gasteiger partial charge on any atom is 0.293 e. The first kappa shape index (κ1) is 15.4. The monoisotopic (exact) mass is 348 g/mol. The van der Waals surface area contributed by atoms with Crippen molar-refractivity contribution in [2.75, 3.05) is 7.11 Å². The number of benzene rings is 1. The number of rotatable bonds is 3. The molecule has 7 nitrogen and oxygen atoms in total. The van der Waals surface area contributed by atoms with Gasteiger partial charge >= 0.3 is 0 Å². The van der Waals surface area contributed by atoms with Crippen LogP contribution in [0.15, 0.2) is 34.4 Å². The van der Waals surface area contributed by atoms with Gasteiger partial charge < -0.3 is 14.4 Å².